The Hall–Kier alpha value is -5.32. The van der Waals surface area contributed by atoms with Gasteiger partial charge in [0, 0.05) is 40.0 Å². The van der Waals surface area contributed by atoms with Crippen molar-refractivity contribution in [2.75, 3.05) is 5.32 Å². The van der Waals surface area contributed by atoms with Crippen molar-refractivity contribution in [3.05, 3.63) is 139 Å². The molecule has 0 bridgehead atoms. The first-order chi connectivity index (χ1) is 20.2. The second-order valence-corrected chi connectivity index (χ2v) is 9.34. The van der Waals surface area contributed by atoms with Gasteiger partial charge in [-0.05, 0) is 72.3 Å². The Morgan fingerprint density at radius 3 is 2.38 bits per heavy atom. The van der Waals surface area contributed by atoms with Crippen LogP contribution in [-0.4, -0.2) is 28.9 Å². The average molecular weight is 603 g/mol. The third-order valence-electron chi connectivity index (χ3n) is 5.57. The number of nitrogens with zero attached hydrogens (tertiary/aromatic N) is 2. The Labute approximate surface area is 249 Å². The number of para-hydroxylation sites is 1. The van der Waals surface area contributed by atoms with Crippen LogP contribution >= 0.6 is 23.2 Å². The first kappa shape index (κ1) is 29.7. The molecule has 0 saturated carbocycles. The normalized spacial score (nSPS) is 10.9. The minimum absolute atomic E-state index is 0.0611. The maximum absolute atomic E-state index is 12.7. The van der Waals surface area contributed by atoms with E-state index in [0.717, 1.165) is 0 Å². The SMILES string of the molecule is O=C(/C=C/c1ccc([N+](=O)[O-])cc1)Oc1ccccc1C=NNC(=O)c1cccc(NC(=O)c2ccc(Cl)cc2Cl)c1. The third-order valence-corrected chi connectivity index (χ3v) is 6.12. The van der Waals surface area contributed by atoms with Crippen molar-refractivity contribution in [2.24, 2.45) is 5.10 Å². The zero-order chi connectivity index (χ0) is 30.1. The van der Waals surface area contributed by atoms with Crippen molar-refractivity contribution in [2.45, 2.75) is 0 Å². The highest BCUT2D eigenvalue weighted by Gasteiger charge is 2.13. The molecule has 4 aromatic rings. The van der Waals surface area contributed by atoms with Crippen LogP contribution in [0.4, 0.5) is 11.4 Å². The van der Waals surface area contributed by atoms with Gasteiger partial charge in [-0.1, -0.05) is 41.4 Å². The molecule has 0 atom stereocenters. The summed E-state index contributed by atoms with van der Waals surface area (Å²) in [6.07, 6.45) is 3.96. The summed E-state index contributed by atoms with van der Waals surface area (Å²) in [7, 11) is 0. The lowest BCUT2D eigenvalue weighted by Crippen LogP contribution is -2.18. The highest BCUT2D eigenvalue weighted by atomic mass is 35.5. The summed E-state index contributed by atoms with van der Waals surface area (Å²) < 4.78 is 5.38. The number of hydrogen-bond donors (Lipinski definition) is 2. The molecule has 0 aliphatic carbocycles. The van der Waals surface area contributed by atoms with Crippen LogP contribution in [0.5, 0.6) is 5.75 Å². The second-order valence-electron chi connectivity index (χ2n) is 8.50. The van der Waals surface area contributed by atoms with Gasteiger partial charge >= 0.3 is 5.97 Å². The lowest BCUT2D eigenvalue weighted by atomic mass is 10.1. The molecular weight excluding hydrogens is 583 g/mol. The Kier molecular flexibility index (Phi) is 9.77. The standard InChI is InChI=1S/C30H20Cl2N4O6/c31-22-11-14-25(26(32)17-22)30(39)34-23-6-3-5-20(16-23)29(38)35-33-18-21-4-1-2-7-27(21)42-28(37)15-10-19-8-12-24(13-9-19)36(40)41/h1-18H,(H,34,39)(H,35,38)/b15-10+,33-18?. The van der Waals surface area contributed by atoms with Crippen LogP contribution in [0.25, 0.3) is 6.08 Å². The van der Waals surface area contributed by atoms with Gasteiger partial charge in [0.1, 0.15) is 5.75 Å². The van der Waals surface area contributed by atoms with Crippen molar-refractivity contribution in [3.63, 3.8) is 0 Å². The third kappa shape index (κ3) is 8.10. The average Bonchev–Trinajstić information content (AvgIpc) is 2.97. The number of nitrogens with one attached hydrogen (secondary N) is 2. The maximum Gasteiger partial charge on any atom is 0.336 e. The number of halogens is 2. The maximum atomic E-state index is 12.7. The summed E-state index contributed by atoms with van der Waals surface area (Å²) in [5.41, 5.74) is 4.13. The summed E-state index contributed by atoms with van der Waals surface area (Å²) >= 11 is 12.0. The van der Waals surface area contributed by atoms with Crippen LogP contribution in [0.2, 0.25) is 10.0 Å². The fraction of sp³-hybridized carbons (Fsp3) is 0. The lowest BCUT2D eigenvalue weighted by molar-refractivity contribution is -0.384. The molecule has 0 aliphatic rings. The fourth-order valence-corrected chi connectivity index (χ4v) is 4.02. The van der Waals surface area contributed by atoms with E-state index in [0.29, 0.717) is 21.8 Å². The van der Waals surface area contributed by atoms with Gasteiger partial charge in [0.15, 0.2) is 0 Å². The number of carbonyl (C=O) groups is 3. The number of hydrazone groups is 1. The number of rotatable bonds is 9. The summed E-state index contributed by atoms with van der Waals surface area (Å²) in [4.78, 5) is 47.8. The van der Waals surface area contributed by atoms with Crippen molar-refractivity contribution in [1.82, 2.24) is 5.43 Å². The molecule has 0 heterocycles. The lowest BCUT2D eigenvalue weighted by Gasteiger charge is -2.08. The number of ether oxygens (including phenoxy) is 1. The molecule has 4 aromatic carbocycles. The quantitative estimate of drug-likeness (QED) is 0.0556. The Morgan fingerprint density at radius 2 is 1.64 bits per heavy atom. The predicted molar refractivity (Wildman–Crippen MR) is 160 cm³/mol. The summed E-state index contributed by atoms with van der Waals surface area (Å²) in [5.74, 6) is -1.51. The smallest absolute Gasteiger partial charge is 0.336 e. The molecule has 4 rings (SSSR count). The van der Waals surface area contributed by atoms with Gasteiger partial charge in [-0.15, -0.1) is 0 Å². The van der Waals surface area contributed by atoms with Crippen LogP contribution in [0.3, 0.4) is 0 Å². The number of esters is 1. The zero-order valence-electron chi connectivity index (χ0n) is 21.5. The van der Waals surface area contributed by atoms with Gasteiger partial charge in [0.05, 0.1) is 21.7 Å². The number of carbonyl (C=O) groups excluding carboxylic acids is 3. The molecule has 0 radical (unpaired) electrons. The number of non-ortho nitro benzene ring substituents is 1. The number of hydrogen-bond acceptors (Lipinski definition) is 7. The van der Waals surface area contributed by atoms with E-state index in [2.05, 4.69) is 15.8 Å². The topological polar surface area (TPSA) is 140 Å². The summed E-state index contributed by atoms with van der Waals surface area (Å²) in [5, 5.41) is 18.0. The van der Waals surface area contributed by atoms with E-state index in [1.54, 1.807) is 48.5 Å². The number of benzene rings is 4. The first-order valence-corrected chi connectivity index (χ1v) is 12.9. The van der Waals surface area contributed by atoms with E-state index >= 15 is 0 Å². The predicted octanol–water partition coefficient (Wildman–Crippen LogP) is 6.54. The Bertz CT molecular complexity index is 1720. The van der Waals surface area contributed by atoms with E-state index in [-0.39, 0.29) is 27.6 Å². The fourth-order valence-electron chi connectivity index (χ4n) is 3.53. The van der Waals surface area contributed by atoms with Gasteiger partial charge in [-0.2, -0.15) is 5.10 Å². The van der Waals surface area contributed by atoms with Crippen LogP contribution in [0.15, 0.2) is 102 Å². The number of anilines is 1. The molecule has 2 amide bonds. The number of nitro benzene ring substituents is 1. The zero-order valence-corrected chi connectivity index (χ0v) is 23.0. The van der Waals surface area contributed by atoms with E-state index in [1.165, 1.54) is 60.8 Å². The molecule has 0 unspecified atom stereocenters. The van der Waals surface area contributed by atoms with E-state index in [4.69, 9.17) is 27.9 Å². The highest BCUT2D eigenvalue weighted by Crippen LogP contribution is 2.22. The van der Waals surface area contributed by atoms with Crippen molar-refractivity contribution in [1.29, 1.82) is 0 Å². The van der Waals surface area contributed by atoms with E-state index in [9.17, 15) is 24.5 Å². The largest absolute Gasteiger partial charge is 0.423 e. The van der Waals surface area contributed by atoms with Crippen molar-refractivity contribution >= 4 is 64.7 Å². The minimum atomic E-state index is -0.683. The number of nitro groups is 1. The van der Waals surface area contributed by atoms with Gasteiger partial charge in [0.25, 0.3) is 17.5 Å². The molecule has 0 aromatic heterocycles. The molecule has 10 nitrogen and oxygen atoms in total. The molecule has 0 fully saturated rings. The van der Waals surface area contributed by atoms with E-state index in [1.807, 2.05) is 0 Å². The van der Waals surface area contributed by atoms with Crippen molar-refractivity contribution in [3.8, 4) is 5.75 Å². The molecule has 0 spiro atoms. The second kappa shape index (κ2) is 13.8. The van der Waals surface area contributed by atoms with Gasteiger partial charge in [0.2, 0.25) is 0 Å². The monoisotopic (exact) mass is 602 g/mol. The highest BCUT2D eigenvalue weighted by molar-refractivity contribution is 6.37. The van der Waals surface area contributed by atoms with Crippen molar-refractivity contribution < 1.29 is 24.0 Å². The molecule has 0 aliphatic heterocycles. The molecule has 12 heteroatoms. The molecular formula is C30H20Cl2N4O6. The van der Waals surface area contributed by atoms with Crippen LogP contribution in [-0.2, 0) is 4.79 Å². The molecule has 0 saturated heterocycles. The van der Waals surface area contributed by atoms with Gasteiger partial charge in [-0.3, -0.25) is 19.7 Å². The van der Waals surface area contributed by atoms with Gasteiger partial charge < -0.3 is 10.1 Å². The molecule has 2 N–H and O–H groups in total. The number of amides is 2. The van der Waals surface area contributed by atoms with E-state index < -0.39 is 22.7 Å². The summed E-state index contributed by atoms with van der Waals surface area (Å²) in [6, 6.07) is 22.9. The first-order valence-electron chi connectivity index (χ1n) is 12.1. The molecule has 42 heavy (non-hydrogen) atoms. The Morgan fingerprint density at radius 1 is 0.881 bits per heavy atom. The minimum Gasteiger partial charge on any atom is -0.423 e. The Balaban J connectivity index is 1.36. The van der Waals surface area contributed by atoms with Crippen LogP contribution in [0.1, 0.15) is 31.8 Å². The summed E-state index contributed by atoms with van der Waals surface area (Å²) in [6.45, 7) is 0. The van der Waals surface area contributed by atoms with Gasteiger partial charge in [-0.25, -0.2) is 10.2 Å². The molecule has 210 valence electrons. The van der Waals surface area contributed by atoms with Crippen LogP contribution < -0.4 is 15.5 Å². The van der Waals surface area contributed by atoms with Crippen LogP contribution in [0, 0.1) is 10.1 Å².